The summed E-state index contributed by atoms with van der Waals surface area (Å²) in [7, 11) is 0. The highest BCUT2D eigenvalue weighted by Gasteiger charge is 2.28. The van der Waals surface area contributed by atoms with Crippen molar-refractivity contribution < 1.29 is 14.3 Å². The number of piperidine rings is 1. The highest BCUT2D eigenvalue weighted by molar-refractivity contribution is 6.04. The molecular weight excluding hydrogens is 600 g/mol. The summed E-state index contributed by atoms with van der Waals surface area (Å²) >= 11 is 0. The molecule has 0 aliphatic carbocycles. The predicted octanol–water partition coefficient (Wildman–Crippen LogP) is 6.71. The van der Waals surface area contributed by atoms with Crippen LogP contribution in [-0.4, -0.2) is 71.9 Å². The quantitative estimate of drug-likeness (QED) is 0.187. The fourth-order valence-electron chi connectivity index (χ4n) is 6.72. The summed E-state index contributed by atoms with van der Waals surface area (Å²) < 4.78 is 6.06. The smallest absolute Gasteiger partial charge is 0.255 e. The zero-order valence-electron chi connectivity index (χ0n) is 28.0. The van der Waals surface area contributed by atoms with Crippen LogP contribution in [-0.2, 0) is 6.61 Å². The molecule has 0 saturated carbocycles. The average molecular weight is 647 g/mol. The summed E-state index contributed by atoms with van der Waals surface area (Å²) in [5.41, 5.74) is 12.0. The van der Waals surface area contributed by atoms with Gasteiger partial charge < -0.3 is 30.5 Å². The van der Waals surface area contributed by atoms with Crippen molar-refractivity contribution in [3.05, 3.63) is 102 Å². The van der Waals surface area contributed by atoms with Gasteiger partial charge >= 0.3 is 0 Å². The van der Waals surface area contributed by atoms with Crippen LogP contribution in [0.3, 0.4) is 0 Å². The van der Waals surface area contributed by atoms with Gasteiger partial charge in [-0.1, -0.05) is 24.3 Å². The number of hydrogen-bond acceptors (Lipinski definition) is 7. The van der Waals surface area contributed by atoms with Gasteiger partial charge in [0, 0.05) is 66.5 Å². The van der Waals surface area contributed by atoms with Crippen molar-refractivity contribution in [3.8, 4) is 16.9 Å². The first kappa shape index (κ1) is 33.0. The Balaban J connectivity index is 1.02. The summed E-state index contributed by atoms with van der Waals surface area (Å²) in [4.78, 5) is 37.3. The molecule has 3 aromatic carbocycles. The van der Waals surface area contributed by atoms with Crippen molar-refractivity contribution in [2.45, 2.75) is 52.2 Å². The first-order chi connectivity index (χ1) is 23.4. The largest absolute Gasteiger partial charge is 0.485 e. The Morgan fingerprint density at radius 3 is 2.15 bits per heavy atom. The lowest BCUT2D eigenvalue weighted by Gasteiger charge is -2.36. The molecule has 9 nitrogen and oxygen atoms in total. The molecule has 48 heavy (non-hydrogen) atoms. The van der Waals surface area contributed by atoms with Crippen molar-refractivity contribution in [2.24, 2.45) is 0 Å². The second-order valence-corrected chi connectivity index (χ2v) is 12.6. The minimum atomic E-state index is -0.172. The van der Waals surface area contributed by atoms with E-state index in [2.05, 4.69) is 33.9 Å². The zero-order valence-corrected chi connectivity index (χ0v) is 28.0. The Labute approximate surface area is 283 Å². The lowest BCUT2D eigenvalue weighted by atomic mass is 10.0. The van der Waals surface area contributed by atoms with Gasteiger partial charge in [0.15, 0.2) is 11.6 Å². The van der Waals surface area contributed by atoms with Gasteiger partial charge in [-0.15, -0.1) is 0 Å². The highest BCUT2D eigenvalue weighted by atomic mass is 16.5. The molecule has 0 unspecified atom stereocenters. The van der Waals surface area contributed by atoms with Crippen LogP contribution >= 0.6 is 0 Å². The Morgan fingerprint density at radius 1 is 0.854 bits per heavy atom. The summed E-state index contributed by atoms with van der Waals surface area (Å²) in [6.07, 6.45) is 6.41. The van der Waals surface area contributed by atoms with E-state index in [1.165, 1.54) is 25.9 Å². The minimum Gasteiger partial charge on any atom is -0.485 e. The molecule has 6 rings (SSSR count). The maximum atomic E-state index is 13.2. The van der Waals surface area contributed by atoms with Gasteiger partial charge in [0.05, 0.1) is 0 Å². The van der Waals surface area contributed by atoms with Crippen molar-refractivity contribution in [1.82, 2.24) is 14.8 Å². The number of carbonyl (C=O) groups is 2. The third kappa shape index (κ3) is 7.80. The molecule has 2 fully saturated rings. The van der Waals surface area contributed by atoms with Crippen molar-refractivity contribution >= 4 is 29.0 Å². The van der Waals surface area contributed by atoms with E-state index in [9.17, 15) is 9.59 Å². The monoisotopic (exact) mass is 646 g/mol. The van der Waals surface area contributed by atoms with Crippen LogP contribution in [0.25, 0.3) is 11.1 Å². The number of aromatic nitrogens is 1. The number of amides is 2. The van der Waals surface area contributed by atoms with Crippen molar-refractivity contribution in [3.63, 3.8) is 0 Å². The van der Waals surface area contributed by atoms with E-state index in [1.807, 2.05) is 71.6 Å². The third-order valence-corrected chi connectivity index (χ3v) is 9.62. The molecule has 3 N–H and O–H groups in total. The molecule has 0 atom stereocenters. The molecule has 2 amide bonds. The van der Waals surface area contributed by atoms with Gasteiger partial charge in [-0.2, -0.15) is 0 Å². The van der Waals surface area contributed by atoms with E-state index in [-0.39, 0.29) is 18.4 Å². The van der Waals surface area contributed by atoms with Crippen LogP contribution in [0.5, 0.6) is 5.75 Å². The van der Waals surface area contributed by atoms with E-state index in [4.69, 9.17) is 10.5 Å². The second-order valence-electron chi connectivity index (χ2n) is 12.6. The topological polar surface area (TPSA) is 104 Å². The number of nitrogens with one attached hydrogen (secondary N) is 1. The molecule has 9 heteroatoms. The first-order valence-corrected chi connectivity index (χ1v) is 17.2. The SMILES string of the molecule is CCN(CC)c1ccc(NC(=O)c2ccc(COc3cc(-c4ccc(C(=O)N5CCC(N6CCCC6)CC5)cc4)cnc3N)cc2)cc1. The summed E-state index contributed by atoms with van der Waals surface area (Å²) in [5, 5.41) is 2.97. The van der Waals surface area contributed by atoms with Gasteiger partial charge in [-0.3, -0.25) is 9.59 Å². The Morgan fingerprint density at radius 2 is 1.50 bits per heavy atom. The van der Waals surface area contributed by atoms with Crippen LogP contribution in [0.1, 0.15) is 65.8 Å². The molecule has 3 heterocycles. The third-order valence-electron chi connectivity index (χ3n) is 9.62. The standard InChI is InChI=1S/C39H46N6O3/c1-3-43(4-2)34-17-15-33(16-18-34)42-38(46)30-9-7-28(8-10-30)27-48-36-25-32(26-41-37(36)40)29-11-13-31(14-12-29)39(47)45-23-19-35(20-24-45)44-21-5-6-22-44/h7-18,25-26,35H,3-6,19-24,27H2,1-2H3,(H2,40,41)(H,42,46). The lowest BCUT2D eigenvalue weighted by Crippen LogP contribution is -2.45. The molecular formula is C39H46N6O3. The van der Waals surface area contributed by atoms with E-state index in [1.54, 1.807) is 18.3 Å². The lowest BCUT2D eigenvalue weighted by molar-refractivity contribution is 0.0644. The Bertz CT molecular complexity index is 1670. The molecule has 4 aromatic rings. The number of anilines is 3. The van der Waals surface area contributed by atoms with Crippen LogP contribution in [0.2, 0.25) is 0 Å². The Hall–Kier alpha value is -4.89. The number of pyridine rings is 1. The van der Waals surface area contributed by atoms with Gasteiger partial charge in [-0.25, -0.2) is 4.98 Å². The van der Waals surface area contributed by atoms with E-state index >= 15 is 0 Å². The van der Waals surface area contributed by atoms with Crippen LogP contribution in [0, 0.1) is 0 Å². The van der Waals surface area contributed by atoms with Gasteiger partial charge in [0.2, 0.25) is 0 Å². The van der Waals surface area contributed by atoms with Crippen molar-refractivity contribution in [1.29, 1.82) is 0 Å². The zero-order chi connectivity index (χ0) is 33.5. The number of nitrogens with zero attached hydrogens (tertiary/aromatic N) is 4. The van der Waals surface area contributed by atoms with Crippen LogP contribution in [0.15, 0.2) is 85.1 Å². The van der Waals surface area contributed by atoms with Gasteiger partial charge in [-0.05, 0) is 118 Å². The van der Waals surface area contributed by atoms with E-state index < -0.39 is 0 Å². The summed E-state index contributed by atoms with van der Waals surface area (Å²) in [6, 6.07) is 25.4. The van der Waals surface area contributed by atoms with E-state index in [0.29, 0.717) is 28.7 Å². The number of rotatable bonds is 11. The molecule has 0 bridgehead atoms. The molecule has 1 aromatic heterocycles. The number of benzene rings is 3. The second kappa shape index (κ2) is 15.3. The molecule has 0 radical (unpaired) electrons. The molecule has 2 saturated heterocycles. The molecule has 0 spiro atoms. The fraction of sp³-hybridized carbons (Fsp3) is 0.359. The fourth-order valence-corrected chi connectivity index (χ4v) is 6.72. The average Bonchev–Trinajstić information content (AvgIpc) is 3.68. The molecule has 2 aliphatic rings. The number of ether oxygens (including phenoxy) is 1. The maximum Gasteiger partial charge on any atom is 0.255 e. The molecule has 2 aliphatic heterocycles. The predicted molar refractivity (Wildman–Crippen MR) is 193 cm³/mol. The summed E-state index contributed by atoms with van der Waals surface area (Å²) in [5.74, 6) is 0.692. The van der Waals surface area contributed by atoms with Gasteiger partial charge in [0.25, 0.3) is 11.8 Å². The van der Waals surface area contributed by atoms with Crippen LogP contribution < -0.4 is 20.7 Å². The normalized spacial score (nSPS) is 15.3. The number of nitrogens with two attached hydrogens (primary N) is 1. The first-order valence-electron chi connectivity index (χ1n) is 17.2. The number of carbonyl (C=O) groups excluding carboxylic acids is 2. The summed E-state index contributed by atoms with van der Waals surface area (Å²) in [6.45, 7) is 10.4. The number of nitrogen functional groups attached to an aromatic ring is 1. The van der Waals surface area contributed by atoms with Gasteiger partial charge in [0.1, 0.15) is 6.61 Å². The maximum absolute atomic E-state index is 13.2. The molecule has 250 valence electrons. The van der Waals surface area contributed by atoms with E-state index in [0.717, 1.165) is 67.1 Å². The number of hydrogen-bond donors (Lipinski definition) is 2. The van der Waals surface area contributed by atoms with Crippen molar-refractivity contribution in [2.75, 3.05) is 55.2 Å². The highest BCUT2D eigenvalue weighted by Crippen LogP contribution is 2.29. The number of likely N-dealkylation sites (tertiary alicyclic amines) is 2. The minimum absolute atomic E-state index is 0.0916. The van der Waals surface area contributed by atoms with Crippen LogP contribution in [0.4, 0.5) is 17.2 Å². The Kier molecular flexibility index (Phi) is 10.6.